The van der Waals surface area contributed by atoms with E-state index in [0.717, 1.165) is 17.8 Å². The highest BCUT2D eigenvalue weighted by Gasteiger charge is 2.33. The molecule has 2 heterocycles. The predicted molar refractivity (Wildman–Crippen MR) is 72.5 cm³/mol. The number of aliphatic hydroxyl groups is 1. The van der Waals surface area contributed by atoms with Crippen molar-refractivity contribution in [2.75, 3.05) is 18.9 Å². The molecule has 0 spiro atoms. The molecule has 6 nitrogen and oxygen atoms in total. The Labute approximate surface area is 113 Å². The van der Waals surface area contributed by atoms with E-state index in [1.54, 1.807) is 9.58 Å². The first-order valence-corrected chi connectivity index (χ1v) is 6.65. The Bertz CT molecular complexity index is 483. The number of hydrogen-bond donors (Lipinski definition) is 2. The summed E-state index contributed by atoms with van der Waals surface area (Å²) < 4.78 is 1.64. The molecule has 0 radical (unpaired) electrons. The molecule has 0 aromatic carbocycles. The van der Waals surface area contributed by atoms with Gasteiger partial charge in [-0.2, -0.15) is 5.10 Å². The number of likely N-dealkylation sites (tertiary alicyclic amines) is 1. The van der Waals surface area contributed by atoms with Gasteiger partial charge in [-0.15, -0.1) is 0 Å². The molecule has 106 valence electrons. The molecule has 1 fully saturated rings. The van der Waals surface area contributed by atoms with E-state index in [1.165, 1.54) is 0 Å². The quantitative estimate of drug-likeness (QED) is 0.824. The molecule has 2 rings (SSSR count). The van der Waals surface area contributed by atoms with Crippen LogP contribution in [0.1, 0.15) is 24.7 Å². The van der Waals surface area contributed by atoms with Crippen LogP contribution in [0.3, 0.4) is 0 Å². The van der Waals surface area contributed by atoms with Crippen molar-refractivity contribution in [3.05, 3.63) is 11.4 Å². The third-order valence-corrected chi connectivity index (χ3v) is 4.11. The number of amides is 1. The molecule has 1 aromatic rings. The van der Waals surface area contributed by atoms with E-state index in [9.17, 15) is 9.90 Å². The standard InChI is InChI=1S/C13H22N4O2/c1-8-4-5-16(11(8)7-18)12(19)6-17-10(3)13(14)9(2)15-17/h8,11,18H,4-7,14H2,1-3H3. The van der Waals surface area contributed by atoms with Crippen molar-refractivity contribution < 1.29 is 9.90 Å². The zero-order chi connectivity index (χ0) is 14.2. The minimum atomic E-state index is -0.0678. The zero-order valence-electron chi connectivity index (χ0n) is 11.8. The number of nitrogens with zero attached hydrogens (tertiary/aromatic N) is 3. The van der Waals surface area contributed by atoms with Gasteiger partial charge >= 0.3 is 0 Å². The van der Waals surface area contributed by atoms with Gasteiger partial charge in [-0.1, -0.05) is 6.92 Å². The fourth-order valence-electron chi connectivity index (χ4n) is 2.68. The van der Waals surface area contributed by atoms with Crippen LogP contribution >= 0.6 is 0 Å². The molecule has 0 aliphatic carbocycles. The summed E-state index contributed by atoms with van der Waals surface area (Å²) in [6, 6.07) is -0.0678. The molecule has 1 aliphatic heterocycles. The summed E-state index contributed by atoms with van der Waals surface area (Å²) in [5.41, 5.74) is 8.07. The average molecular weight is 266 g/mol. The van der Waals surface area contributed by atoms with Crippen molar-refractivity contribution in [3.63, 3.8) is 0 Å². The Kier molecular flexibility index (Phi) is 3.80. The van der Waals surface area contributed by atoms with E-state index >= 15 is 0 Å². The highest BCUT2D eigenvalue weighted by Crippen LogP contribution is 2.24. The van der Waals surface area contributed by atoms with Crippen molar-refractivity contribution in [2.45, 2.75) is 39.8 Å². The molecule has 3 N–H and O–H groups in total. The van der Waals surface area contributed by atoms with Gasteiger partial charge in [0.1, 0.15) is 6.54 Å². The van der Waals surface area contributed by atoms with Crippen LogP contribution in [0.4, 0.5) is 5.69 Å². The van der Waals surface area contributed by atoms with Gasteiger partial charge in [0.05, 0.1) is 29.7 Å². The van der Waals surface area contributed by atoms with Crippen LogP contribution in [-0.2, 0) is 11.3 Å². The largest absolute Gasteiger partial charge is 0.396 e. The highest BCUT2D eigenvalue weighted by molar-refractivity contribution is 5.77. The minimum Gasteiger partial charge on any atom is -0.396 e. The number of hydrogen-bond acceptors (Lipinski definition) is 4. The van der Waals surface area contributed by atoms with Crippen molar-refractivity contribution in [1.29, 1.82) is 0 Å². The van der Waals surface area contributed by atoms with E-state index < -0.39 is 0 Å². The lowest BCUT2D eigenvalue weighted by atomic mass is 10.0. The molecule has 1 aliphatic rings. The molecule has 0 bridgehead atoms. The van der Waals surface area contributed by atoms with Crippen molar-refractivity contribution in [2.24, 2.45) is 5.92 Å². The minimum absolute atomic E-state index is 0.00556. The Morgan fingerprint density at radius 2 is 2.21 bits per heavy atom. The van der Waals surface area contributed by atoms with E-state index in [1.807, 2.05) is 13.8 Å². The molecule has 1 amide bonds. The van der Waals surface area contributed by atoms with Gasteiger partial charge in [-0.25, -0.2) is 0 Å². The van der Waals surface area contributed by atoms with Gasteiger partial charge in [0, 0.05) is 6.54 Å². The van der Waals surface area contributed by atoms with Crippen LogP contribution in [0.25, 0.3) is 0 Å². The second-order valence-corrected chi connectivity index (χ2v) is 5.35. The number of aryl methyl sites for hydroxylation is 1. The lowest BCUT2D eigenvalue weighted by Gasteiger charge is -2.25. The second-order valence-electron chi connectivity index (χ2n) is 5.35. The van der Waals surface area contributed by atoms with E-state index in [0.29, 0.717) is 18.2 Å². The average Bonchev–Trinajstić information content (AvgIpc) is 2.86. The fraction of sp³-hybridized carbons (Fsp3) is 0.692. The normalized spacial score (nSPS) is 23.1. The van der Waals surface area contributed by atoms with Gasteiger partial charge in [-0.05, 0) is 26.2 Å². The Morgan fingerprint density at radius 1 is 1.53 bits per heavy atom. The first-order chi connectivity index (χ1) is 8.95. The summed E-state index contributed by atoms with van der Waals surface area (Å²) in [6.45, 7) is 6.67. The van der Waals surface area contributed by atoms with Crippen molar-refractivity contribution in [3.8, 4) is 0 Å². The molecule has 2 unspecified atom stereocenters. The first-order valence-electron chi connectivity index (χ1n) is 6.65. The third-order valence-electron chi connectivity index (χ3n) is 4.11. The number of aromatic nitrogens is 2. The van der Waals surface area contributed by atoms with Crippen molar-refractivity contribution >= 4 is 11.6 Å². The SMILES string of the molecule is Cc1nn(CC(=O)N2CCC(C)C2CO)c(C)c1N. The maximum atomic E-state index is 12.3. The van der Waals surface area contributed by atoms with Crippen LogP contribution in [0.2, 0.25) is 0 Å². The Balaban J connectivity index is 2.11. The maximum Gasteiger partial charge on any atom is 0.244 e. The Hall–Kier alpha value is -1.56. The topological polar surface area (TPSA) is 84.4 Å². The third kappa shape index (κ3) is 2.45. The molecule has 1 aromatic heterocycles. The molecular formula is C13H22N4O2. The number of rotatable bonds is 3. The van der Waals surface area contributed by atoms with Crippen LogP contribution in [0, 0.1) is 19.8 Å². The van der Waals surface area contributed by atoms with Crippen molar-refractivity contribution in [1.82, 2.24) is 14.7 Å². The smallest absolute Gasteiger partial charge is 0.244 e. The summed E-state index contributed by atoms with van der Waals surface area (Å²) in [7, 11) is 0. The number of anilines is 1. The second kappa shape index (κ2) is 5.21. The van der Waals surface area contributed by atoms with Gasteiger partial charge in [0.15, 0.2) is 0 Å². The summed E-state index contributed by atoms with van der Waals surface area (Å²) in [4.78, 5) is 14.1. The van der Waals surface area contributed by atoms with Crippen LogP contribution in [0.15, 0.2) is 0 Å². The summed E-state index contributed by atoms with van der Waals surface area (Å²) >= 11 is 0. The number of nitrogens with two attached hydrogens (primary N) is 1. The Morgan fingerprint density at radius 3 is 2.74 bits per heavy atom. The summed E-state index contributed by atoms with van der Waals surface area (Å²) in [5, 5.41) is 13.7. The lowest BCUT2D eigenvalue weighted by Crippen LogP contribution is -2.41. The number of aliphatic hydroxyl groups excluding tert-OH is 1. The molecular weight excluding hydrogens is 244 g/mol. The van der Waals surface area contributed by atoms with E-state index in [2.05, 4.69) is 12.0 Å². The first kappa shape index (κ1) is 13.9. The zero-order valence-corrected chi connectivity index (χ0v) is 11.8. The number of carbonyl (C=O) groups excluding carboxylic acids is 1. The van der Waals surface area contributed by atoms with Gasteiger partial charge in [0.25, 0.3) is 0 Å². The molecule has 0 saturated carbocycles. The monoisotopic (exact) mass is 266 g/mol. The highest BCUT2D eigenvalue weighted by atomic mass is 16.3. The fourth-order valence-corrected chi connectivity index (χ4v) is 2.68. The predicted octanol–water partition coefficient (Wildman–Crippen LogP) is 0.311. The lowest BCUT2D eigenvalue weighted by molar-refractivity contribution is -0.134. The molecule has 19 heavy (non-hydrogen) atoms. The number of nitrogen functional groups attached to an aromatic ring is 1. The molecule has 2 atom stereocenters. The number of carbonyl (C=O) groups is 1. The molecule has 1 saturated heterocycles. The van der Waals surface area contributed by atoms with Crippen LogP contribution < -0.4 is 5.73 Å². The van der Waals surface area contributed by atoms with Gasteiger partial charge < -0.3 is 15.7 Å². The van der Waals surface area contributed by atoms with E-state index in [-0.39, 0.29) is 25.1 Å². The summed E-state index contributed by atoms with van der Waals surface area (Å²) in [5.74, 6) is 0.341. The van der Waals surface area contributed by atoms with Gasteiger partial charge in [-0.3, -0.25) is 9.48 Å². The molecule has 6 heteroatoms. The summed E-state index contributed by atoms with van der Waals surface area (Å²) in [6.07, 6.45) is 0.941. The van der Waals surface area contributed by atoms with Crippen LogP contribution in [0.5, 0.6) is 0 Å². The van der Waals surface area contributed by atoms with Gasteiger partial charge in [0.2, 0.25) is 5.91 Å². The maximum absolute atomic E-state index is 12.3. The van der Waals surface area contributed by atoms with E-state index in [4.69, 9.17) is 5.73 Å². The van der Waals surface area contributed by atoms with Crippen LogP contribution in [-0.4, -0.2) is 44.9 Å².